The molecule has 1 saturated carbocycles. The Hall–Kier alpha value is -3.55. The van der Waals surface area contributed by atoms with Crippen molar-refractivity contribution in [2.45, 2.75) is 57.0 Å². The van der Waals surface area contributed by atoms with Crippen molar-refractivity contribution < 1.29 is 23.9 Å². The lowest BCUT2D eigenvalue weighted by Crippen LogP contribution is -2.55. The van der Waals surface area contributed by atoms with Crippen molar-refractivity contribution in [2.24, 2.45) is 0 Å². The van der Waals surface area contributed by atoms with Crippen LogP contribution in [-0.4, -0.2) is 78.5 Å². The zero-order valence-electron chi connectivity index (χ0n) is 22.3. The number of carbonyl (C=O) groups is 3. The van der Waals surface area contributed by atoms with Crippen LogP contribution < -0.4 is 4.74 Å². The first-order valence-electron chi connectivity index (χ1n) is 13.8. The minimum absolute atomic E-state index is 0.00417. The van der Waals surface area contributed by atoms with Crippen LogP contribution >= 0.6 is 0 Å². The maximum absolute atomic E-state index is 14.4. The van der Waals surface area contributed by atoms with Crippen molar-refractivity contribution in [3.63, 3.8) is 0 Å². The van der Waals surface area contributed by atoms with E-state index in [9.17, 15) is 14.4 Å². The second-order valence-corrected chi connectivity index (χ2v) is 10.3. The zero-order chi connectivity index (χ0) is 26.6. The number of rotatable bonds is 5. The van der Waals surface area contributed by atoms with Gasteiger partial charge in [-0.05, 0) is 49.1 Å². The number of benzene rings is 2. The van der Waals surface area contributed by atoms with Crippen LogP contribution in [0.3, 0.4) is 0 Å². The number of nitrogens with zero attached hydrogens (tertiary/aromatic N) is 3. The summed E-state index contributed by atoms with van der Waals surface area (Å²) >= 11 is 0. The molecule has 3 aliphatic rings. The summed E-state index contributed by atoms with van der Waals surface area (Å²) in [6.07, 6.45) is 4.89. The minimum atomic E-state index is -0.534. The zero-order valence-corrected chi connectivity index (χ0v) is 22.3. The van der Waals surface area contributed by atoms with Gasteiger partial charge in [0.05, 0.1) is 25.7 Å². The largest absolute Gasteiger partial charge is 0.497 e. The SMILES string of the molecule is CCOC(=O)N1CCN(C(=O)C2c3ccccc3C(=O)N(C3CCCCC3)C2c2ccc(OC)cc2)CC1. The standard InChI is InChI=1S/C30H37N3O5/c1-3-38-30(36)32-19-17-31(18-20-32)29(35)26-24-11-7-8-12-25(24)28(34)33(22-9-5-4-6-10-22)27(26)21-13-15-23(37-2)16-14-21/h7-8,11-16,22,26-27H,3-6,9-10,17-20H2,1-2H3. The molecule has 38 heavy (non-hydrogen) atoms. The molecule has 202 valence electrons. The first kappa shape index (κ1) is 26.1. The third kappa shape index (κ3) is 4.96. The molecule has 2 heterocycles. The van der Waals surface area contributed by atoms with E-state index in [1.807, 2.05) is 58.3 Å². The van der Waals surface area contributed by atoms with Crippen molar-refractivity contribution in [3.05, 3.63) is 65.2 Å². The summed E-state index contributed by atoms with van der Waals surface area (Å²) in [4.78, 5) is 46.2. The summed E-state index contributed by atoms with van der Waals surface area (Å²) in [5.41, 5.74) is 2.33. The van der Waals surface area contributed by atoms with Gasteiger partial charge in [-0.15, -0.1) is 0 Å². The van der Waals surface area contributed by atoms with Crippen molar-refractivity contribution in [1.29, 1.82) is 0 Å². The Morgan fingerprint density at radius 3 is 2.21 bits per heavy atom. The van der Waals surface area contributed by atoms with Crippen LogP contribution in [0, 0.1) is 0 Å². The molecule has 2 unspecified atom stereocenters. The minimum Gasteiger partial charge on any atom is -0.497 e. The molecule has 2 aromatic rings. The van der Waals surface area contributed by atoms with E-state index in [-0.39, 0.29) is 23.9 Å². The number of ether oxygens (including phenoxy) is 2. The molecule has 2 aliphatic heterocycles. The van der Waals surface area contributed by atoms with E-state index in [0.717, 1.165) is 42.6 Å². The van der Waals surface area contributed by atoms with Crippen molar-refractivity contribution in [2.75, 3.05) is 39.9 Å². The topological polar surface area (TPSA) is 79.4 Å². The number of fused-ring (bicyclic) bond motifs is 1. The van der Waals surface area contributed by atoms with Crippen LogP contribution in [0.15, 0.2) is 48.5 Å². The third-order valence-electron chi connectivity index (χ3n) is 8.19. The van der Waals surface area contributed by atoms with Gasteiger partial charge in [-0.25, -0.2) is 4.79 Å². The average Bonchev–Trinajstić information content (AvgIpc) is 2.97. The van der Waals surface area contributed by atoms with E-state index in [4.69, 9.17) is 9.47 Å². The molecular weight excluding hydrogens is 482 g/mol. The fourth-order valence-electron chi connectivity index (χ4n) is 6.25. The predicted molar refractivity (Wildman–Crippen MR) is 143 cm³/mol. The molecule has 0 N–H and O–H groups in total. The highest BCUT2D eigenvalue weighted by Gasteiger charge is 2.48. The van der Waals surface area contributed by atoms with Gasteiger partial charge in [-0.1, -0.05) is 49.6 Å². The normalized spacial score (nSPS) is 22.2. The van der Waals surface area contributed by atoms with Gasteiger partial charge in [0.1, 0.15) is 5.75 Å². The van der Waals surface area contributed by atoms with E-state index >= 15 is 0 Å². The van der Waals surface area contributed by atoms with Crippen molar-refractivity contribution in [1.82, 2.24) is 14.7 Å². The number of methoxy groups -OCH3 is 1. The van der Waals surface area contributed by atoms with Gasteiger partial charge in [0.25, 0.3) is 5.91 Å². The fourth-order valence-corrected chi connectivity index (χ4v) is 6.25. The Morgan fingerprint density at radius 1 is 0.895 bits per heavy atom. The third-order valence-corrected chi connectivity index (χ3v) is 8.19. The van der Waals surface area contributed by atoms with E-state index < -0.39 is 12.0 Å². The summed E-state index contributed by atoms with van der Waals surface area (Å²) in [6.45, 7) is 3.84. The second kappa shape index (κ2) is 11.5. The van der Waals surface area contributed by atoms with Crippen LogP contribution in [0.5, 0.6) is 5.75 Å². The van der Waals surface area contributed by atoms with Crippen LogP contribution in [0.25, 0.3) is 0 Å². The first-order valence-corrected chi connectivity index (χ1v) is 13.8. The summed E-state index contributed by atoms with van der Waals surface area (Å²) in [5.74, 6) is 0.200. The van der Waals surface area contributed by atoms with Crippen molar-refractivity contribution >= 4 is 17.9 Å². The van der Waals surface area contributed by atoms with Crippen LogP contribution in [0.2, 0.25) is 0 Å². The monoisotopic (exact) mass is 519 g/mol. The smallest absolute Gasteiger partial charge is 0.409 e. The Bertz CT molecular complexity index is 1150. The van der Waals surface area contributed by atoms with Gasteiger partial charge < -0.3 is 24.2 Å². The molecular formula is C30H37N3O5. The highest BCUT2D eigenvalue weighted by atomic mass is 16.6. The van der Waals surface area contributed by atoms with E-state index in [0.29, 0.717) is 38.3 Å². The number of carbonyl (C=O) groups excluding carboxylic acids is 3. The molecule has 2 aromatic carbocycles. The number of amides is 3. The van der Waals surface area contributed by atoms with Gasteiger partial charge in [0, 0.05) is 37.8 Å². The molecule has 8 heteroatoms. The first-order chi connectivity index (χ1) is 18.5. The maximum Gasteiger partial charge on any atom is 0.409 e. The number of hydrogen-bond acceptors (Lipinski definition) is 5. The van der Waals surface area contributed by atoms with E-state index in [1.165, 1.54) is 6.42 Å². The lowest BCUT2D eigenvalue weighted by atomic mass is 9.77. The Morgan fingerprint density at radius 2 is 1.55 bits per heavy atom. The molecule has 2 atom stereocenters. The van der Waals surface area contributed by atoms with Crippen LogP contribution in [0.4, 0.5) is 4.79 Å². The quantitative estimate of drug-likeness (QED) is 0.577. The Balaban J connectivity index is 1.53. The molecule has 8 nitrogen and oxygen atoms in total. The summed E-state index contributed by atoms with van der Waals surface area (Å²) in [7, 11) is 1.63. The molecule has 0 spiro atoms. The molecule has 0 radical (unpaired) electrons. The molecule has 2 fully saturated rings. The van der Waals surface area contributed by atoms with E-state index in [1.54, 1.807) is 18.9 Å². The van der Waals surface area contributed by atoms with Crippen LogP contribution in [-0.2, 0) is 9.53 Å². The van der Waals surface area contributed by atoms with Crippen molar-refractivity contribution in [3.8, 4) is 5.75 Å². The molecule has 3 amide bonds. The second-order valence-electron chi connectivity index (χ2n) is 10.3. The van der Waals surface area contributed by atoms with E-state index in [2.05, 4.69) is 0 Å². The summed E-state index contributed by atoms with van der Waals surface area (Å²) in [5, 5.41) is 0. The highest BCUT2D eigenvalue weighted by molar-refractivity contribution is 6.01. The Kier molecular flexibility index (Phi) is 7.86. The maximum atomic E-state index is 14.4. The molecule has 0 aromatic heterocycles. The van der Waals surface area contributed by atoms with Gasteiger partial charge in [-0.3, -0.25) is 9.59 Å². The average molecular weight is 520 g/mol. The number of piperazine rings is 1. The summed E-state index contributed by atoms with van der Waals surface area (Å²) in [6, 6.07) is 15.0. The lowest BCUT2D eigenvalue weighted by molar-refractivity contribution is -0.136. The molecule has 1 aliphatic carbocycles. The molecule has 0 bridgehead atoms. The Labute approximate surface area is 224 Å². The molecule has 1 saturated heterocycles. The summed E-state index contributed by atoms with van der Waals surface area (Å²) < 4.78 is 10.6. The predicted octanol–water partition coefficient (Wildman–Crippen LogP) is 4.61. The van der Waals surface area contributed by atoms with Gasteiger partial charge in [0.15, 0.2) is 0 Å². The van der Waals surface area contributed by atoms with Gasteiger partial charge >= 0.3 is 6.09 Å². The molecule has 5 rings (SSSR count). The number of hydrogen-bond donors (Lipinski definition) is 0. The highest BCUT2D eigenvalue weighted by Crippen LogP contribution is 2.46. The van der Waals surface area contributed by atoms with Gasteiger partial charge in [0.2, 0.25) is 5.91 Å². The fraction of sp³-hybridized carbons (Fsp3) is 0.500. The lowest BCUT2D eigenvalue weighted by Gasteiger charge is -2.48. The van der Waals surface area contributed by atoms with Crippen LogP contribution in [0.1, 0.15) is 72.5 Å². The van der Waals surface area contributed by atoms with Gasteiger partial charge in [-0.2, -0.15) is 0 Å².